The van der Waals surface area contributed by atoms with E-state index in [4.69, 9.17) is 10.4 Å². The van der Waals surface area contributed by atoms with Crippen LogP contribution in [0.15, 0.2) is 48.5 Å². The fourth-order valence-electron chi connectivity index (χ4n) is 1.99. The fraction of sp³-hybridized carbons (Fsp3) is 0.0556. The number of hydrogen-bond acceptors (Lipinski definition) is 5. The third-order valence-electron chi connectivity index (χ3n) is 3.28. The number of benzene rings is 2. The van der Waals surface area contributed by atoms with Crippen LogP contribution >= 0.6 is 0 Å². The van der Waals surface area contributed by atoms with Gasteiger partial charge in [0.1, 0.15) is 0 Å². The van der Waals surface area contributed by atoms with Gasteiger partial charge in [-0.1, -0.05) is 12.1 Å². The average Bonchev–Trinajstić information content (AvgIpc) is 2.61. The number of carbonyl (C=O) groups excluding carboxylic acids is 3. The second kappa shape index (κ2) is 7.66. The van der Waals surface area contributed by atoms with Crippen LogP contribution in [-0.4, -0.2) is 28.5 Å². The molecule has 124 valence electrons. The van der Waals surface area contributed by atoms with Crippen LogP contribution in [0.1, 0.15) is 32.7 Å². The molecule has 0 saturated heterocycles. The Balaban J connectivity index is 2.11. The molecule has 0 aliphatic carbocycles. The van der Waals surface area contributed by atoms with E-state index in [0.717, 1.165) is 0 Å². The molecule has 0 bridgehead atoms. The molecule has 0 radical (unpaired) electrons. The minimum atomic E-state index is -1.67. The molecule has 0 heterocycles. The van der Waals surface area contributed by atoms with Crippen molar-refractivity contribution >= 4 is 29.1 Å². The highest BCUT2D eigenvalue weighted by molar-refractivity contribution is 6.37. The molecule has 7 nitrogen and oxygen atoms in total. The summed E-state index contributed by atoms with van der Waals surface area (Å²) in [5, 5.41) is 19.9. The summed E-state index contributed by atoms with van der Waals surface area (Å²) in [7, 11) is 0. The van der Waals surface area contributed by atoms with Crippen LogP contribution in [0.25, 0.3) is 0 Å². The van der Waals surface area contributed by atoms with Crippen LogP contribution in [0.2, 0.25) is 0 Å². The quantitative estimate of drug-likeness (QED) is 0.472. The van der Waals surface area contributed by atoms with E-state index in [1.54, 1.807) is 6.07 Å². The van der Waals surface area contributed by atoms with Crippen molar-refractivity contribution in [1.82, 2.24) is 0 Å². The monoisotopic (exact) mass is 336 g/mol. The second-order valence-electron chi connectivity index (χ2n) is 5.05. The number of Topliss-reactive ketones (excluding diaryl/α,β-unsaturated/α-hetero) is 2. The van der Waals surface area contributed by atoms with E-state index in [-0.39, 0.29) is 5.56 Å². The van der Waals surface area contributed by atoms with Gasteiger partial charge in [-0.05, 0) is 36.4 Å². The molecule has 2 aromatic carbocycles. The van der Waals surface area contributed by atoms with Crippen LogP contribution < -0.4 is 5.32 Å². The Labute approximate surface area is 142 Å². The number of ketones is 2. The molecular weight excluding hydrogens is 324 g/mol. The predicted octanol–water partition coefficient (Wildman–Crippen LogP) is 2.04. The zero-order valence-corrected chi connectivity index (χ0v) is 12.9. The lowest BCUT2D eigenvalue weighted by Gasteiger charge is -2.07. The van der Waals surface area contributed by atoms with Crippen LogP contribution in [0.4, 0.5) is 5.69 Å². The Morgan fingerprint density at radius 2 is 1.68 bits per heavy atom. The van der Waals surface area contributed by atoms with Gasteiger partial charge in [-0.25, -0.2) is 4.79 Å². The van der Waals surface area contributed by atoms with Crippen LogP contribution in [-0.2, 0) is 9.59 Å². The number of anilines is 1. The predicted molar refractivity (Wildman–Crippen MR) is 87.1 cm³/mol. The number of carbonyl (C=O) groups is 4. The minimum Gasteiger partial charge on any atom is -0.475 e. The first-order valence-electron chi connectivity index (χ1n) is 7.11. The first-order chi connectivity index (χ1) is 11.9. The molecule has 0 atom stereocenters. The third-order valence-corrected chi connectivity index (χ3v) is 3.28. The van der Waals surface area contributed by atoms with Crippen molar-refractivity contribution in [2.75, 3.05) is 5.32 Å². The Kier molecular flexibility index (Phi) is 5.38. The molecule has 0 unspecified atom stereocenters. The molecule has 0 aliphatic heterocycles. The lowest BCUT2D eigenvalue weighted by Crippen LogP contribution is -2.17. The summed E-state index contributed by atoms with van der Waals surface area (Å²) < 4.78 is 0. The smallest absolute Gasteiger partial charge is 0.372 e. The van der Waals surface area contributed by atoms with Gasteiger partial charge in [-0.3, -0.25) is 14.4 Å². The van der Waals surface area contributed by atoms with Crippen molar-refractivity contribution < 1.29 is 24.3 Å². The number of aliphatic carboxylic acids is 1. The van der Waals surface area contributed by atoms with Crippen LogP contribution in [0.5, 0.6) is 0 Å². The van der Waals surface area contributed by atoms with E-state index in [0.29, 0.717) is 16.8 Å². The molecule has 0 saturated carbocycles. The molecule has 2 aromatic rings. The SMILES string of the molecule is N#Cc1ccc(C(=O)Nc2cccc(C(=O)CC(=O)C(=O)O)c2)cc1. The van der Waals surface area contributed by atoms with Gasteiger partial charge in [-0.2, -0.15) is 5.26 Å². The molecule has 0 fully saturated rings. The van der Waals surface area contributed by atoms with E-state index in [1.807, 2.05) is 6.07 Å². The van der Waals surface area contributed by atoms with Gasteiger partial charge >= 0.3 is 5.97 Å². The Morgan fingerprint density at radius 1 is 1.00 bits per heavy atom. The van der Waals surface area contributed by atoms with E-state index in [1.165, 1.54) is 42.5 Å². The lowest BCUT2D eigenvalue weighted by atomic mass is 10.1. The summed E-state index contributed by atoms with van der Waals surface area (Å²) in [6.07, 6.45) is -0.748. The highest BCUT2D eigenvalue weighted by Gasteiger charge is 2.18. The number of hydrogen-bond donors (Lipinski definition) is 2. The molecule has 0 spiro atoms. The Hall–Kier alpha value is -3.79. The van der Waals surface area contributed by atoms with Crippen molar-refractivity contribution in [2.45, 2.75) is 6.42 Å². The van der Waals surface area contributed by atoms with Gasteiger partial charge in [0.2, 0.25) is 5.78 Å². The van der Waals surface area contributed by atoms with E-state index >= 15 is 0 Å². The number of amides is 1. The van der Waals surface area contributed by atoms with E-state index in [9.17, 15) is 19.2 Å². The average molecular weight is 336 g/mol. The van der Waals surface area contributed by atoms with Gasteiger partial charge in [0.15, 0.2) is 5.78 Å². The zero-order valence-electron chi connectivity index (χ0n) is 12.9. The summed E-state index contributed by atoms with van der Waals surface area (Å²) in [4.78, 5) is 45.7. The molecule has 1 amide bonds. The topological polar surface area (TPSA) is 124 Å². The zero-order chi connectivity index (χ0) is 18.4. The summed E-state index contributed by atoms with van der Waals surface area (Å²) in [5.74, 6) is -3.95. The van der Waals surface area contributed by atoms with Crippen molar-refractivity contribution in [1.29, 1.82) is 5.26 Å². The lowest BCUT2D eigenvalue weighted by molar-refractivity contribution is -0.148. The second-order valence-corrected chi connectivity index (χ2v) is 5.05. The van der Waals surface area contributed by atoms with Crippen LogP contribution in [0, 0.1) is 11.3 Å². The van der Waals surface area contributed by atoms with Gasteiger partial charge in [0.05, 0.1) is 18.1 Å². The number of nitriles is 1. The maximum absolute atomic E-state index is 12.2. The number of carboxylic acid groups (broad SMARTS) is 1. The largest absolute Gasteiger partial charge is 0.475 e. The van der Waals surface area contributed by atoms with E-state index in [2.05, 4.69) is 5.32 Å². The molecule has 7 heteroatoms. The molecule has 2 N–H and O–H groups in total. The highest BCUT2D eigenvalue weighted by atomic mass is 16.4. The first kappa shape index (κ1) is 17.6. The molecular formula is C18H12N2O5. The van der Waals surface area contributed by atoms with Gasteiger partial charge in [0.25, 0.3) is 5.91 Å². The van der Waals surface area contributed by atoms with Crippen molar-refractivity contribution in [3.63, 3.8) is 0 Å². The molecule has 0 aliphatic rings. The summed E-state index contributed by atoms with van der Waals surface area (Å²) >= 11 is 0. The minimum absolute atomic E-state index is 0.118. The standard InChI is InChI=1S/C18H12N2O5/c19-10-11-4-6-12(7-5-11)17(23)20-14-3-1-2-13(8-14)15(21)9-16(22)18(24)25/h1-8H,9H2,(H,20,23)(H,24,25). The fourth-order valence-corrected chi connectivity index (χ4v) is 1.99. The highest BCUT2D eigenvalue weighted by Crippen LogP contribution is 2.14. The van der Waals surface area contributed by atoms with Gasteiger partial charge in [0, 0.05) is 16.8 Å². The third kappa shape index (κ3) is 4.59. The molecule has 2 rings (SSSR count). The Bertz CT molecular complexity index is 894. The van der Waals surface area contributed by atoms with Crippen molar-refractivity contribution in [3.8, 4) is 6.07 Å². The Morgan fingerprint density at radius 3 is 2.28 bits per heavy atom. The van der Waals surface area contributed by atoms with Crippen LogP contribution in [0.3, 0.4) is 0 Å². The summed E-state index contributed by atoms with van der Waals surface area (Å²) in [5.41, 5.74) is 1.19. The number of nitrogens with zero attached hydrogens (tertiary/aromatic N) is 1. The van der Waals surface area contributed by atoms with Crippen molar-refractivity contribution in [2.24, 2.45) is 0 Å². The maximum atomic E-state index is 12.2. The summed E-state index contributed by atoms with van der Waals surface area (Å²) in [6.45, 7) is 0. The number of carboxylic acids is 1. The van der Waals surface area contributed by atoms with Crippen molar-refractivity contribution in [3.05, 3.63) is 65.2 Å². The van der Waals surface area contributed by atoms with E-state index < -0.39 is 29.9 Å². The maximum Gasteiger partial charge on any atom is 0.372 e. The number of rotatable bonds is 6. The molecule has 25 heavy (non-hydrogen) atoms. The number of nitrogens with one attached hydrogen (secondary N) is 1. The molecule has 0 aromatic heterocycles. The normalized spacial score (nSPS) is 9.72. The first-order valence-corrected chi connectivity index (χ1v) is 7.11. The summed E-state index contributed by atoms with van der Waals surface area (Å²) in [6, 6.07) is 13.8. The van der Waals surface area contributed by atoms with Gasteiger partial charge in [-0.15, -0.1) is 0 Å². The van der Waals surface area contributed by atoms with Gasteiger partial charge < -0.3 is 10.4 Å².